The summed E-state index contributed by atoms with van der Waals surface area (Å²) in [6.45, 7) is 5.69. The van der Waals surface area contributed by atoms with E-state index in [1.165, 1.54) is 0 Å². The van der Waals surface area contributed by atoms with Crippen molar-refractivity contribution in [2.45, 2.75) is 26.4 Å². The third kappa shape index (κ3) is 3.76. The molecule has 2 rings (SSSR count). The van der Waals surface area contributed by atoms with Crippen LogP contribution >= 0.6 is 0 Å². The minimum atomic E-state index is 0.111. The fourth-order valence-corrected chi connectivity index (χ4v) is 2.38. The van der Waals surface area contributed by atoms with Gasteiger partial charge in [0.25, 0.3) is 0 Å². The second kappa shape index (κ2) is 7.13. The Morgan fingerprint density at radius 1 is 1.24 bits per heavy atom. The van der Waals surface area contributed by atoms with Gasteiger partial charge in [-0.15, -0.1) is 0 Å². The molecule has 1 atom stereocenters. The monoisotopic (exact) mass is 289 g/mol. The van der Waals surface area contributed by atoms with Crippen molar-refractivity contribution in [3.8, 4) is 11.5 Å². The molecule has 0 radical (unpaired) electrons. The number of methoxy groups -OCH3 is 2. The van der Waals surface area contributed by atoms with Crippen molar-refractivity contribution in [1.29, 1.82) is 0 Å². The van der Waals surface area contributed by atoms with Crippen molar-refractivity contribution in [2.75, 3.05) is 20.8 Å². The molecule has 0 saturated carbocycles. The third-order valence-electron chi connectivity index (χ3n) is 3.41. The molecule has 0 saturated heterocycles. The Labute approximate surface area is 125 Å². The number of rotatable bonds is 7. The van der Waals surface area contributed by atoms with Crippen LogP contribution in [0.4, 0.5) is 0 Å². The maximum Gasteiger partial charge on any atom is 0.123 e. The summed E-state index contributed by atoms with van der Waals surface area (Å²) in [5.74, 6) is 1.68. The van der Waals surface area contributed by atoms with Crippen molar-refractivity contribution < 1.29 is 9.47 Å². The van der Waals surface area contributed by atoms with E-state index in [0.717, 1.165) is 35.8 Å². The van der Waals surface area contributed by atoms with Crippen molar-refractivity contribution in [3.05, 3.63) is 41.7 Å². The third-order valence-corrected chi connectivity index (χ3v) is 3.41. The highest BCUT2D eigenvalue weighted by Crippen LogP contribution is 2.30. The van der Waals surface area contributed by atoms with Crippen molar-refractivity contribution in [1.82, 2.24) is 15.1 Å². The molecule has 0 aliphatic carbocycles. The van der Waals surface area contributed by atoms with Gasteiger partial charge in [-0.1, -0.05) is 6.92 Å². The molecule has 1 unspecified atom stereocenters. The Morgan fingerprint density at radius 3 is 2.62 bits per heavy atom. The van der Waals surface area contributed by atoms with E-state index in [1.807, 2.05) is 42.1 Å². The van der Waals surface area contributed by atoms with Crippen molar-refractivity contribution >= 4 is 0 Å². The van der Waals surface area contributed by atoms with E-state index in [-0.39, 0.29) is 6.04 Å². The van der Waals surface area contributed by atoms with Gasteiger partial charge in [0.05, 0.1) is 32.5 Å². The molecule has 5 heteroatoms. The van der Waals surface area contributed by atoms with Crippen LogP contribution < -0.4 is 14.8 Å². The van der Waals surface area contributed by atoms with E-state index in [9.17, 15) is 0 Å². The lowest BCUT2D eigenvalue weighted by Crippen LogP contribution is -2.26. The average Bonchev–Trinajstić information content (AvgIpc) is 2.91. The molecule has 114 valence electrons. The summed E-state index contributed by atoms with van der Waals surface area (Å²) in [6.07, 6.45) is 1.99. The van der Waals surface area contributed by atoms with Gasteiger partial charge in [-0.05, 0) is 37.7 Å². The van der Waals surface area contributed by atoms with Crippen LogP contribution in [0.1, 0.15) is 24.2 Å². The first-order valence-corrected chi connectivity index (χ1v) is 7.13. The molecule has 1 N–H and O–H groups in total. The summed E-state index contributed by atoms with van der Waals surface area (Å²) in [7, 11) is 3.36. The van der Waals surface area contributed by atoms with Gasteiger partial charge in [-0.25, -0.2) is 0 Å². The summed E-state index contributed by atoms with van der Waals surface area (Å²) < 4.78 is 12.8. The molecule has 1 heterocycles. The smallest absolute Gasteiger partial charge is 0.123 e. The molecule has 1 aromatic carbocycles. The molecule has 0 aliphatic heterocycles. The fourth-order valence-electron chi connectivity index (χ4n) is 2.38. The van der Waals surface area contributed by atoms with Gasteiger partial charge >= 0.3 is 0 Å². The molecule has 21 heavy (non-hydrogen) atoms. The van der Waals surface area contributed by atoms with Crippen LogP contribution in [0.3, 0.4) is 0 Å². The maximum atomic E-state index is 5.49. The predicted octanol–water partition coefficient (Wildman–Crippen LogP) is 2.56. The lowest BCUT2D eigenvalue weighted by atomic mass is 10.0. The van der Waals surface area contributed by atoms with Gasteiger partial charge in [-0.2, -0.15) is 5.10 Å². The SMILES string of the molecule is CCNC(Cn1ccc(C)n1)c1cc(OC)ccc1OC. The summed E-state index contributed by atoms with van der Waals surface area (Å²) in [5, 5.41) is 7.95. The van der Waals surface area contributed by atoms with Gasteiger partial charge in [0.1, 0.15) is 11.5 Å². The first kappa shape index (κ1) is 15.4. The van der Waals surface area contributed by atoms with E-state index in [0.29, 0.717) is 0 Å². The fraction of sp³-hybridized carbons (Fsp3) is 0.438. The van der Waals surface area contributed by atoms with E-state index >= 15 is 0 Å². The van der Waals surface area contributed by atoms with Gasteiger partial charge < -0.3 is 14.8 Å². The molecule has 0 bridgehead atoms. The molecular formula is C16H23N3O2. The predicted molar refractivity (Wildman–Crippen MR) is 82.9 cm³/mol. The second-order valence-electron chi connectivity index (χ2n) is 4.90. The van der Waals surface area contributed by atoms with Crippen molar-refractivity contribution in [2.24, 2.45) is 0 Å². The number of hydrogen-bond donors (Lipinski definition) is 1. The molecule has 0 amide bonds. The molecule has 2 aromatic rings. The van der Waals surface area contributed by atoms with Crippen LogP contribution in [0.25, 0.3) is 0 Å². The van der Waals surface area contributed by atoms with E-state index in [1.54, 1.807) is 14.2 Å². The van der Waals surface area contributed by atoms with Gasteiger partial charge in [0.2, 0.25) is 0 Å². The average molecular weight is 289 g/mol. The van der Waals surface area contributed by atoms with E-state index in [2.05, 4.69) is 17.3 Å². The Bertz CT molecular complexity index is 581. The zero-order valence-electron chi connectivity index (χ0n) is 13.1. The Morgan fingerprint density at radius 2 is 2.05 bits per heavy atom. The number of nitrogens with zero attached hydrogens (tertiary/aromatic N) is 2. The van der Waals surface area contributed by atoms with E-state index < -0.39 is 0 Å². The lowest BCUT2D eigenvalue weighted by molar-refractivity contribution is 0.378. The minimum absolute atomic E-state index is 0.111. The largest absolute Gasteiger partial charge is 0.497 e. The van der Waals surface area contributed by atoms with Crippen LogP contribution in [0, 0.1) is 6.92 Å². The minimum Gasteiger partial charge on any atom is -0.497 e. The summed E-state index contributed by atoms with van der Waals surface area (Å²) in [5.41, 5.74) is 2.09. The number of hydrogen-bond acceptors (Lipinski definition) is 4. The lowest BCUT2D eigenvalue weighted by Gasteiger charge is -2.21. The van der Waals surface area contributed by atoms with Crippen LogP contribution in [0.2, 0.25) is 0 Å². The van der Waals surface area contributed by atoms with Crippen LogP contribution in [-0.2, 0) is 6.54 Å². The van der Waals surface area contributed by atoms with Crippen LogP contribution in [0.15, 0.2) is 30.5 Å². The standard InChI is InChI=1S/C16H23N3O2/c1-5-17-15(11-19-9-8-12(2)18-19)14-10-13(20-3)6-7-16(14)21-4/h6-10,15,17H,5,11H2,1-4H3. The van der Waals surface area contributed by atoms with Gasteiger partial charge in [0, 0.05) is 11.8 Å². The number of likely N-dealkylation sites (N-methyl/N-ethyl adjacent to an activating group) is 1. The Balaban J connectivity index is 2.31. The zero-order valence-corrected chi connectivity index (χ0v) is 13.1. The quantitative estimate of drug-likeness (QED) is 0.851. The molecule has 5 nitrogen and oxygen atoms in total. The highest BCUT2D eigenvalue weighted by Gasteiger charge is 2.17. The number of aromatic nitrogens is 2. The first-order chi connectivity index (χ1) is 10.2. The summed E-state index contributed by atoms with van der Waals surface area (Å²) in [6, 6.07) is 7.98. The zero-order chi connectivity index (χ0) is 15.2. The second-order valence-corrected chi connectivity index (χ2v) is 4.90. The summed E-state index contributed by atoms with van der Waals surface area (Å²) in [4.78, 5) is 0. The topological polar surface area (TPSA) is 48.3 Å². The highest BCUT2D eigenvalue weighted by atomic mass is 16.5. The molecule has 0 spiro atoms. The number of benzene rings is 1. The Hall–Kier alpha value is -2.01. The molecule has 1 aromatic heterocycles. The number of aryl methyl sites for hydroxylation is 1. The molecule has 0 aliphatic rings. The molecular weight excluding hydrogens is 266 g/mol. The van der Waals surface area contributed by atoms with Crippen LogP contribution in [-0.4, -0.2) is 30.5 Å². The summed E-state index contributed by atoms with van der Waals surface area (Å²) >= 11 is 0. The van der Waals surface area contributed by atoms with E-state index in [4.69, 9.17) is 9.47 Å². The highest BCUT2D eigenvalue weighted by molar-refractivity contribution is 5.42. The van der Waals surface area contributed by atoms with Gasteiger partial charge in [0.15, 0.2) is 0 Å². The molecule has 0 fully saturated rings. The van der Waals surface area contributed by atoms with Gasteiger partial charge in [-0.3, -0.25) is 4.68 Å². The first-order valence-electron chi connectivity index (χ1n) is 7.13. The maximum absolute atomic E-state index is 5.49. The number of ether oxygens (including phenoxy) is 2. The Kier molecular flexibility index (Phi) is 5.22. The van der Waals surface area contributed by atoms with Crippen LogP contribution in [0.5, 0.6) is 11.5 Å². The normalized spacial score (nSPS) is 12.2. The number of nitrogens with one attached hydrogen (secondary N) is 1. The van der Waals surface area contributed by atoms with Crippen molar-refractivity contribution in [3.63, 3.8) is 0 Å².